The Morgan fingerprint density at radius 2 is 1.50 bits per heavy atom. The molecule has 0 saturated carbocycles. The van der Waals surface area contributed by atoms with Crippen molar-refractivity contribution in [2.75, 3.05) is 0 Å². The monoisotopic (exact) mass is 250 g/mol. The number of unbranched alkanes of at least 4 members (excludes halogenated alkanes) is 5. The lowest BCUT2D eigenvalue weighted by molar-refractivity contribution is -0.137. The molecule has 0 aliphatic heterocycles. The zero-order valence-electron chi connectivity index (χ0n) is 11.3. The van der Waals surface area contributed by atoms with Crippen LogP contribution in [0, 0.1) is 0 Å². The van der Waals surface area contributed by atoms with Crippen LogP contribution in [0.2, 0.25) is 0 Å². The van der Waals surface area contributed by atoms with Gasteiger partial charge in [-0.3, -0.25) is 4.79 Å². The number of carboxylic acids is 1. The molecule has 2 heteroatoms. The standard InChI is InChI=1S/C16H26O2/c1-2-3-4-5-6-7-8-9-10-11-12-13-14-15-16(17)18/h2,4-5,7-8H,1,3,6,9-15H2,(H,17,18)/b5-4?,8-7-. The number of hydrogen-bond donors (Lipinski definition) is 1. The second kappa shape index (κ2) is 13.8. The predicted octanol–water partition coefficient (Wildman–Crippen LogP) is 4.88. The van der Waals surface area contributed by atoms with Crippen molar-refractivity contribution in [3.8, 4) is 0 Å². The molecule has 1 N–H and O–H groups in total. The fraction of sp³-hybridized carbons (Fsp3) is 0.562. The van der Waals surface area contributed by atoms with Crippen LogP contribution in [0.3, 0.4) is 0 Å². The van der Waals surface area contributed by atoms with Crippen LogP contribution in [0.25, 0.3) is 0 Å². The first-order chi connectivity index (χ1) is 8.77. The van der Waals surface area contributed by atoms with Crippen LogP contribution in [0.5, 0.6) is 0 Å². The van der Waals surface area contributed by atoms with E-state index in [0.717, 1.165) is 38.5 Å². The number of allylic oxidation sites excluding steroid dienone is 5. The van der Waals surface area contributed by atoms with E-state index in [9.17, 15) is 4.79 Å². The lowest BCUT2D eigenvalue weighted by atomic mass is 10.1. The molecule has 0 atom stereocenters. The molecule has 0 aliphatic carbocycles. The van der Waals surface area contributed by atoms with E-state index >= 15 is 0 Å². The van der Waals surface area contributed by atoms with E-state index in [-0.39, 0.29) is 0 Å². The lowest BCUT2D eigenvalue weighted by Crippen LogP contribution is -1.93. The topological polar surface area (TPSA) is 37.3 Å². The third kappa shape index (κ3) is 14.7. The molecule has 102 valence electrons. The van der Waals surface area contributed by atoms with Crippen LogP contribution in [0.1, 0.15) is 57.8 Å². The van der Waals surface area contributed by atoms with Crippen LogP contribution >= 0.6 is 0 Å². The average molecular weight is 250 g/mol. The van der Waals surface area contributed by atoms with E-state index in [4.69, 9.17) is 5.11 Å². The van der Waals surface area contributed by atoms with Crippen molar-refractivity contribution in [1.29, 1.82) is 0 Å². The largest absolute Gasteiger partial charge is 0.481 e. The molecule has 0 spiro atoms. The van der Waals surface area contributed by atoms with Crippen molar-refractivity contribution in [3.63, 3.8) is 0 Å². The highest BCUT2D eigenvalue weighted by molar-refractivity contribution is 5.66. The summed E-state index contributed by atoms with van der Waals surface area (Å²) in [6, 6.07) is 0. The normalized spacial score (nSPS) is 11.3. The summed E-state index contributed by atoms with van der Waals surface area (Å²) in [5, 5.41) is 8.47. The average Bonchev–Trinajstić information content (AvgIpc) is 2.34. The molecule has 0 aliphatic rings. The Kier molecular flexibility index (Phi) is 12.8. The maximum absolute atomic E-state index is 10.3. The predicted molar refractivity (Wildman–Crippen MR) is 77.7 cm³/mol. The van der Waals surface area contributed by atoms with Crippen LogP contribution in [-0.2, 0) is 4.79 Å². The molecule has 0 saturated heterocycles. The minimum absolute atomic E-state index is 0.316. The van der Waals surface area contributed by atoms with Gasteiger partial charge in [-0.2, -0.15) is 0 Å². The number of aliphatic carboxylic acids is 1. The Balaban J connectivity index is 3.17. The van der Waals surface area contributed by atoms with Crippen LogP contribution < -0.4 is 0 Å². The number of carboxylic acid groups (broad SMARTS) is 1. The van der Waals surface area contributed by atoms with E-state index in [0.29, 0.717) is 6.42 Å². The highest BCUT2D eigenvalue weighted by Gasteiger charge is 1.95. The number of rotatable bonds is 12. The Labute approximate surface area is 111 Å². The van der Waals surface area contributed by atoms with Crippen molar-refractivity contribution in [1.82, 2.24) is 0 Å². The summed E-state index contributed by atoms with van der Waals surface area (Å²) in [7, 11) is 0. The Morgan fingerprint density at radius 1 is 0.889 bits per heavy atom. The third-order valence-electron chi connectivity index (χ3n) is 2.67. The van der Waals surface area contributed by atoms with Gasteiger partial charge in [-0.05, 0) is 32.1 Å². The summed E-state index contributed by atoms with van der Waals surface area (Å²) in [5.74, 6) is -0.678. The van der Waals surface area contributed by atoms with E-state index < -0.39 is 5.97 Å². The van der Waals surface area contributed by atoms with E-state index in [1.807, 2.05) is 6.08 Å². The van der Waals surface area contributed by atoms with Crippen molar-refractivity contribution >= 4 is 5.97 Å². The van der Waals surface area contributed by atoms with Crippen LogP contribution in [-0.4, -0.2) is 11.1 Å². The maximum Gasteiger partial charge on any atom is 0.303 e. The van der Waals surface area contributed by atoms with Crippen molar-refractivity contribution in [3.05, 3.63) is 37.0 Å². The van der Waals surface area contributed by atoms with Gasteiger partial charge in [-0.25, -0.2) is 0 Å². The lowest BCUT2D eigenvalue weighted by Gasteiger charge is -1.98. The van der Waals surface area contributed by atoms with E-state index in [2.05, 4.69) is 30.9 Å². The molecule has 0 radical (unpaired) electrons. The molecular weight excluding hydrogens is 224 g/mol. The fourth-order valence-electron chi connectivity index (χ4n) is 1.65. The van der Waals surface area contributed by atoms with Gasteiger partial charge in [0.2, 0.25) is 0 Å². The van der Waals surface area contributed by atoms with Gasteiger partial charge in [0.15, 0.2) is 0 Å². The van der Waals surface area contributed by atoms with Crippen LogP contribution in [0.4, 0.5) is 0 Å². The van der Waals surface area contributed by atoms with E-state index in [1.165, 1.54) is 12.8 Å². The third-order valence-corrected chi connectivity index (χ3v) is 2.67. The van der Waals surface area contributed by atoms with Gasteiger partial charge in [0.1, 0.15) is 0 Å². The molecule has 0 bridgehead atoms. The molecule has 0 aromatic carbocycles. The molecule has 0 heterocycles. The van der Waals surface area contributed by atoms with Gasteiger partial charge in [-0.1, -0.05) is 49.6 Å². The first-order valence-corrected chi connectivity index (χ1v) is 6.90. The van der Waals surface area contributed by atoms with Crippen molar-refractivity contribution in [2.45, 2.75) is 57.8 Å². The zero-order valence-corrected chi connectivity index (χ0v) is 11.3. The highest BCUT2D eigenvalue weighted by atomic mass is 16.4. The molecule has 18 heavy (non-hydrogen) atoms. The van der Waals surface area contributed by atoms with Crippen molar-refractivity contribution < 1.29 is 9.90 Å². The van der Waals surface area contributed by atoms with E-state index in [1.54, 1.807) is 0 Å². The summed E-state index contributed by atoms with van der Waals surface area (Å²) in [6.07, 6.45) is 19.4. The molecule has 0 fully saturated rings. The number of carbonyl (C=O) groups is 1. The smallest absolute Gasteiger partial charge is 0.303 e. The van der Waals surface area contributed by atoms with Gasteiger partial charge in [0.05, 0.1) is 0 Å². The Bertz CT molecular complexity index is 264. The molecule has 2 nitrogen and oxygen atoms in total. The van der Waals surface area contributed by atoms with Gasteiger partial charge >= 0.3 is 5.97 Å². The summed E-state index contributed by atoms with van der Waals surface area (Å²) < 4.78 is 0. The minimum atomic E-state index is -0.678. The van der Waals surface area contributed by atoms with Crippen molar-refractivity contribution in [2.24, 2.45) is 0 Å². The fourth-order valence-corrected chi connectivity index (χ4v) is 1.65. The summed E-state index contributed by atoms with van der Waals surface area (Å²) >= 11 is 0. The minimum Gasteiger partial charge on any atom is -0.481 e. The summed E-state index contributed by atoms with van der Waals surface area (Å²) in [5.41, 5.74) is 0. The van der Waals surface area contributed by atoms with Crippen LogP contribution in [0.15, 0.2) is 37.0 Å². The summed E-state index contributed by atoms with van der Waals surface area (Å²) in [6.45, 7) is 3.66. The summed E-state index contributed by atoms with van der Waals surface area (Å²) in [4.78, 5) is 10.3. The SMILES string of the molecule is C=CCC=CC/C=C\CCCCCCCC(=O)O. The Hall–Kier alpha value is -1.31. The quantitative estimate of drug-likeness (QED) is 0.396. The molecular formula is C16H26O2. The number of hydrogen-bond acceptors (Lipinski definition) is 1. The van der Waals surface area contributed by atoms with Gasteiger partial charge in [-0.15, -0.1) is 6.58 Å². The molecule has 0 unspecified atom stereocenters. The maximum atomic E-state index is 10.3. The molecule has 0 rings (SSSR count). The zero-order chi connectivity index (χ0) is 13.5. The first kappa shape index (κ1) is 16.7. The second-order valence-corrected chi connectivity index (χ2v) is 4.40. The van der Waals surface area contributed by atoms with Gasteiger partial charge in [0, 0.05) is 6.42 Å². The second-order valence-electron chi connectivity index (χ2n) is 4.40. The molecule has 0 aromatic heterocycles. The highest BCUT2D eigenvalue weighted by Crippen LogP contribution is 2.07. The Morgan fingerprint density at radius 3 is 2.22 bits per heavy atom. The molecule has 0 amide bonds. The van der Waals surface area contributed by atoms with Gasteiger partial charge < -0.3 is 5.11 Å². The molecule has 0 aromatic rings. The first-order valence-electron chi connectivity index (χ1n) is 6.90. The van der Waals surface area contributed by atoms with Gasteiger partial charge in [0.25, 0.3) is 0 Å².